The van der Waals surface area contributed by atoms with Crippen molar-refractivity contribution >= 4 is 34.3 Å². The number of hydrogen-bond donors (Lipinski definition) is 1. The van der Waals surface area contributed by atoms with Gasteiger partial charge in [-0.05, 0) is 41.5 Å². The van der Waals surface area contributed by atoms with Gasteiger partial charge in [0, 0.05) is 19.0 Å². The minimum absolute atomic E-state index is 0.0183. The second-order valence-electron chi connectivity index (χ2n) is 6.87. The third-order valence-electron chi connectivity index (χ3n) is 4.60. The van der Waals surface area contributed by atoms with E-state index in [4.69, 9.17) is 0 Å². The Balaban J connectivity index is 1.74. The minimum Gasteiger partial charge on any atom is -0.348 e. The topological polar surface area (TPSA) is 49.4 Å². The number of carbonyl (C=O) groups excluding carboxylic acids is 2. The predicted octanol–water partition coefficient (Wildman–Crippen LogP) is 4.51. The highest BCUT2D eigenvalue weighted by molar-refractivity contribution is 8.00. The van der Waals surface area contributed by atoms with Crippen LogP contribution in [0.3, 0.4) is 0 Å². The number of benzene rings is 3. The van der Waals surface area contributed by atoms with Gasteiger partial charge in [0.05, 0.1) is 17.4 Å². The van der Waals surface area contributed by atoms with Crippen LogP contribution in [-0.2, 0) is 4.79 Å². The first-order valence-electron chi connectivity index (χ1n) is 9.17. The van der Waals surface area contributed by atoms with Gasteiger partial charge in [-0.15, -0.1) is 11.8 Å². The average Bonchev–Trinajstić information content (AvgIpc) is 2.71. The quantitative estimate of drug-likeness (QED) is 0.628. The first kappa shape index (κ1) is 20.0. The Morgan fingerprint density at radius 1 is 0.964 bits per heavy atom. The van der Waals surface area contributed by atoms with Crippen molar-refractivity contribution in [1.82, 2.24) is 10.2 Å². The summed E-state index contributed by atoms with van der Waals surface area (Å²) in [6, 6.07) is 21.7. The molecule has 0 heterocycles. The Labute approximate surface area is 169 Å². The molecule has 0 radical (unpaired) electrons. The van der Waals surface area contributed by atoms with Crippen LogP contribution in [0.5, 0.6) is 0 Å². The first-order valence-corrected chi connectivity index (χ1v) is 10.2. The molecule has 3 rings (SSSR count). The van der Waals surface area contributed by atoms with E-state index in [0.717, 1.165) is 15.8 Å². The number of rotatable bonds is 6. The van der Waals surface area contributed by atoms with Crippen LogP contribution < -0.4 is 5.32 Å². The lowest BCUT2D eigenvalue weighted by atomic mass is 10.0. The Kier molecular flexibility index (Phi) is 6.37. The molecule has 2 amide bonds. The number of nitrogens with zero attached hydrogens (tertiary/aromatic N) is 1. The van der Waals surface area contributed by atoms with Gasteiger partial charge in [0.25, 0.3) is 5.91 Å². The highest BCUT2D eigenvalue weighted by Gasteiger charge is 2.16. The largest absolute Gasteiger partial charge is 0.348 e. The Morgan fingerprint density at radius 2 is 1.64 bits per heavy atom. The summed E-state index contributed by atoms with van der Waals surface area (Å²) in [6.45, 7) is 1.98. The van der Waals surface area contributed by atoms with Crippen LogP contribution in [0.15, 0.2) is 71.6 Å². The van der Waals surface area contributed by atoms with Gasteiger partial charge in [-0.2, -0.15) is 0 Å². The number of fused-ring (bicyclic) bond motifs is 1. The summed E-state index contributed by atoms with van der Waals surface area (Å²) in [5, 5.41) is 5.41. The maximum absolute atomic E-state index is 12.9. The van der Waals surface area contributed by atoms with E-state index in [1.165, 1.54) is 17.1 Å². The van der Waals surface area contributed by atoms with Crippen LogP contribution >= 0.6 is 11.8 Å². The van der Waals surface area contributed by atoms with Crippen molar-refractivity contribution < 1.29 is 9.59 Å². The molecule has 144 valence electrons. The molecule has 0 saturated carbocycles. The van der Waals surface area contributed by atoms with Gasteiger partial charge < -0.3 is 10.2 Å². The third kappa shape index (κ3) is 4.73. The van der Waals surface area contributed by atoms with Gasteiger partial charge in [-0.1, -0.05) is 48.5 Å². The molecule has 3 aromatic rings. The fourth-order valence-corrected chi connectivity index (χ4v) is 3.91. The molecule has 0 bridgehead atoms. The summed E-state index contributed by atoms with van der Waals surface area (Å²) in [4.78, 5) is 27.1. The van der Waals surface area contributed by atoms with Crippen LogP contribution in [-0.4, -0.2) is 36.6 Å². The molecule has 3 aromatic carbocycles. The maximum atomic E-state index is 12.9. The minimum atomic E-state index is -0.138. The number of thioether (sulfide) groups is 1. The van der Waals surface area contributed by atoms with E-state index in [1.807, 2.05) is 43.3 Å². The summed E-state index contributed by atoms with van der Waals surface area (Å²) in [6.07, 6.45) is 0. The monoisotopic (exact) mass is 392 g/mol. The fraction of sp³-hybridized carbons (Fsp3) is 0.217. The van der Waals surface area contributed by atoms with Gasteiger partial charge in [0.15, 0.2) is 0 Å². The summed E-state index contributed by atoms with van der Waals surface area (Å²) >= 11 is 1.38. The van der Waals surface area contributed by atoms with Crippen LogP contribution in [0.4, 0.5) is 0 Å². The second-order valence-corrected chi connectivity index (χ2v) is 7.89. The molecule has 0 aliphatic heterocycles. The Bertz CT molecular complexity index is 1000. The molecule has 0 spiro atoms. The van der Waals surface area contributed by atoms with Crippen LogP contribution in [0.2, 0.25) is 0 Å². The lowest BCUT2D eigenvalue weighted by Gasteiger charge is -2.17. The molecular formula is C23H24N2O2S. The van der Waals surface area contributed by atoms with Gasteiger partial charge in [-0.3, -0.25) is 9.59 Å². The van der Waals surface area contributed by atoms with Crippen molar-refractivity contribution in [1.29, 1.82) is 0 Å². The average molecular weight is 393 g/mol. The lowest BCUT2D eigenvalue weighted by molar-refractivity contribution is -0.125. The molecule has 28 heavy (non-hydrogen) atoms. The van der Waals surface area contributed by atoms with E-state index in [2.05, 4.69) is 29.6 Å². The number of hydrogen-bond acceptors (Lipinski definition) is 3. The van der Waals surface area contributed by atoms with Crippen molar-refractivity contribution in [3.8, 4) is 0 Å². The predicted molar refractivity (Wildman–Crippen MR) is 116 cm³/mol. The van der Waals surface area contributed by atoms with Gasteiger partial charge >= 0.3 is 0 Å². The number of carbonyl (C=O) groups is 2. The molecule has 0 aliphatic carbocycles. The molecule has 1 N–H and O–H groups in total. The molecule has 1 unspecified atom stereocenters. The molecule has 0 fully saturated rings. The van der Waals surface area contributed by atoms with E-state index in [9.17, 15) is 9.59 Å². The summed E-state index contributed by atoms with van der Waals surface area (Å²) in [5.74, 6) is 0.183. The van der Waals surface area contributed by atoms with Crippen molar-refractivity contribution in [3.63, 3.8) is 0 Å². The first-order chi connectivity index (χ1) is 13.5. The number of nitrogens with one attached hydrogen (secondary N) is 1. The summed E-state index contributed by atoms with van der Waals surface area (Å²) in [7, 11) is 3.46. The molecular weight excluding hydrogens is 368 g/mol. The zero-order valence-electron chi connectivity index (χ0n) is 16.3. The van der Waals surface area contributed by atoms with Crippen LogP contribution in [0.1, 0.15) is 28.9 Å². The van der Waals surface area contributed by atoms with E-state index in [-0.39, 0.29) is 17.9 Å². The van der Waals surface area contributed by atoms with Gasteiger partial charge in [0.2, 0.25) is 5.91 Å². The normalized spacial score (nSPS) is 11.8. The Morgan fingerprint density at radius 3 is 2.39 bits per heavy atom. The maximum Gasteiger partial charge on any atom is 0.252 e. The van der Waals surface area contributed by atoms with Gasteiger partial charge in [-0.25, -0.2) is 0 Å². The molecule has 0 aromatic heterocycles. The molecule has 1 atom stereocenters. The smallest absolute Gasteiger partial charge is 0.252 e. The summed E-state index contributed by atoms with van der Waals surface area (Å²) in [5.41, 5.74) is 1.65. The Hall–Kier alpha value is -2.79. The van der Waals surface area contributed by atoms with Crippen molar-refractivity contribution in [2.75, 3.05) is 19.8 Å². The zero-order chi connectivity index (χ0) is 20.1. The van der Waals surface area contributed by atoms with Gasteiger partial charge in [0.1, 0.15) is 0 Å². The SMILES string of the molecule is CC(NC(=O)c1ccccc1SCC(=O)N(C)C)c1ccc2ccccc2c1. The molecule has 0 saturated heterocycles. The van der Waals surface area contributed by atoms with E-state index < -0.39 is 0 Å². The standard InChI is InChI=1S/C23H24N2O2S/c1-16(18-13-12-17-8-4-5-9-19(17)14-18)24-23(27)20-10-6-7-11-21(20)28-15-22(26)25(2)3/h4-14,16H,15H2,1-3H3,(H,24,27). The van der Waals surface area contributed by atoms with Crippen molar-refractivity contribution in [2.24, 2.45) is 0 Å². The highest BCUT2D eigenvalue weighted by Crippen LogP contribution is 2.25. The third-order valence-corrected chi connectivity index (χ3v) is 5.66. The van der Waals surface area contributed by atoms with Crippen molar-refractivity contribution in [2.45, 2.75) is 17.9 Å². The fourth-order valence-electron chi connectivity index (χ4n) is 2.88. The van der Waals surface area contributed by atoms with E-state index in [0.29, 0.717) is 11.3 Å². The van der Waals surface area contributed by atoms with Crippen LogP contribution in [0, 0.1) is 0 Å². The van der Waals surface area contributed by atoms with Crippen LogP contribution in [0.25, 0.3) is 10.8 Å². The second kappa shape index (κ2) is 8.93. The van der Waals surface area contributed by atoms with E-state index in [1.54, 1.807) is 25.1 Å². The lowest BCUT2D eigenvalue weighted by Crippen LogP contribution is -2.27. The number of amides is 2. The zero-order valence-corrected chi connectivity index (χ0v) is 17.1. The molecule has 0 aliphatic rings. The summed E-state index contributed by atoms with van der Waals surface area (Å²) < 4.78 is 0. The molecule has 4 nitrogen and oxygen atoms in total. The highest BCUT2D eigenvalue weighted by atomic mass is 32.2. The van der Waals surface area contributed by atoms with Crippen molar-refractivity contribution in [3.05, 3.63) is 77.9 Å². The van der Waals surface area contributed by atoms with E-state index >= 15 is 0 Å². The molecule has 5 heteroatoms.